The van der Waals surface area contributed by atoms with Crippen LogP contribution in [0.2, 0.25) is 0 Å². The first kappa shape index (κ1) is 14.0. The topological polar surface area (TPSA) is 74.8 Å². The molecule has 0 spiro atoms. The van der Waals surface area contributed by atoms with Crippen LogP contribution in [-0.2, 0) is 0 Å². The highest BCUT2D eigenvalue weighted by Gasteiger charge is 2.14. The quantitative estimate of drug-likeness (QED) is 0.778. The van der Waals surface area contributed by atoms with E-state index in [4.69, 9.17) is 0 Å². The third-order valence-electron chi connectivity index (χ3n) is 3.55. The summed E-state index contributed by atoms with van der Waals surface area (Å²) in [7, 11) is 0. The molecular weight excluding hydrogens is 278 g/mol. The van der Waals surface area contributed by atoms with Crippen molar-refractivity contribution in [2.24, 2.45) is 0 Å². The van der Waals surface area contributed by atoms with E-state index in [9.17, 15) is 9.59 Å². The van der Waals surface area contributed by atoms with Crippen molar-refractivity contribution in [1.82, 2.24) is 15.5 Å². The minimum atomic E-state index is -0.335. The zero-order valence-electron chi connectivity index (χ0n) is 12.0. The molecule has 0 saturated heterocycles. The lowest BCUT2D eigenvalue weighted by Crippen LogP contribution is -2.28. The van der Waals surface area contributed by atoms with E-state index in [0.29, 0.717) is 0 Å². The highest BCUT2D eigenvalue weighted by atomic mass is 16.2. The Morgan fingerprint density at radius 3 is 2.64 bits per heavy atom. The summed E-state index contributed by atoms with van der Waals surface area (Å²) in [6.07, 6.45) is 0. The third-order valence-corrected chi connectivity index (χ3v) is 3.55. The first-order valence-corrected chi connectivity index (χ1v) is 6.99. The lowest BCUT2D eigenvalue weighted by molar-refractivity contribution is 0.0934. The summed E-state index contributed by atoms with van der Waals surface area (Å²) in [6.45, 7) is 1.92. The van der Waals surface area contributed by atoms with Gasteiger partial charge in [0.15, 0.2) is 0 Å². The molecule has 3 aromatic rings. The highest BCUT2D eigenvalue weighted by Crippen LogP contribution is 2.24. The van der Waals surface area contributed by atoms with E-state index in [1.54, 1.807) is 0 Å². The Balaban J connectivity index is 1.87. The van der Waals surface area contributed by atoms with Crippen LogP contribution in [0.25, 0.3) is 10.8 Å². The van der Waals surface area contributed by atoms with Crippen molar-refractivity contribution in [3.8, 4) is 0 Å². The molecule has 1 amide bonds. The number of carbonyl (C=O) groups excluding carboxylic acids is 1. The van der Waals surface area contributed by atoms with Crippen molar-refractivity contribution in [3.05, 3.63) is 76.2 Å². The van der Waals surface area contributed by atoms with Gasteiger partial charge in [0.25, 0.3) is 11.5 Å². The first-order chi connectivity index (χ1) is 10.6. The van der Waals surface area contributed by atoms with Crippen LogP contribution in [0.5, 0.6) is 0 Å². The van der Waals surface area contributed by atoms with Crippen LogP contribution < -0.4 is 10.9 Å². The maximum Gasteiger partial charge on any atom is 0.272 e. The SMILES string of the molecule is C[C@H](NC(=O)c1ccc(=O)[nH]n1)c1cccc2ccccc12. The standard InChI is InChI=1S/C17H15N3O2/c1-11(18-17(22)15-9-10-16(21)20-19-15)13-8-4-6-12-5-2-3-7-14(12)13/h2-11H,1H3,(H,18,22)(H,20,21)/t11-/m0/s1. The van der Waals surface area contributed by atoms with E-state index in [2.05, 4.69) is 15.5 Å². The van der Waals surface area contributed by atoms with Crippen LogP contribution >= 0.6 is 0 Å². The van der Waals surface area contributed by atoms with Gasteiger partial charge in [-0.15, -0.1) is 0 Å². The van der Waals surface area contributed by atoms with Crippen LogP contribution in [0, 0.1) is 0 Å². The fourth-order valence-corrected chi connectivity index (χ4v) is 2.45. The summed E-state index contributed by atoms with van der Waals surface area (Å²) in [6, 6.07) is 16.6. The normalized spacial score (nSPS) is 12.0. The Labute approximate surface area is 127 Å². The molecule has 1 heterocycles. The van der Waals surface area contributed by atoms with Gasteiger partial charge in [-0.2, -0.15) is 5.10 Å². The van der Waals surface area contributed by atoms with E-state index >= 15 is 0 Å². The van der Waals surface area contributed by atoms with Gasteiger partial charge in [0.1, 0.15) is 5.69 Å². The fraction of sp³-hybridized carbons (Fsp3) is 0.118. The maximum atomic E-state index is 12.2. The van der Waals surface area contributed by atoms with E-state index in [0.717, 1.165) is 16.3 Å². The van der Waals surface area contributed by atoms with Crippen LogP contribution in [0.15, 0.2) is 59.4 Å². The zero-order chi connectivity index (χ0) is 15.5. The molecule has 0 bridgehead atoms. The number of carbonyl (C=O) groups is 1. The lowest BCUT2D eigenvalue weighted by Gasteiger charge is -2.16. The van der Waals surface area contributed by atoms with Crippen molar-refractivity contribution in [3.63, 3.8) is 0 Å². The number of amides is 1. The zero-order valence-corrected chi connectivity index (χ0v) is 12.0. The maximum absolute atomic E-state index is 12.2. The molecule has 22 heavy (non-hydrogen) atoms. The van der Waals surface area contributed by atoms with Crippen LogP contribution in [0.1, 0.15) is 29.0 Å². The van der Waals surface area contributed by atoms with Gasteiger partial charge < -0.3 is 5.32 Å². The minimum Gasteiger partial charge on any atom is -0.344 e. The molecule has 0 aliphatic heterocycles. The molecule has 0 saturated carbocycles. The van der Waals surface area contributed by atoms with Gasteiger partial charge in [-0.1, -0.05) is 42.5 Å². The molecule has 1 aromatic heterocycles. The Bertz CT molecular complexity index is 860. The number of H-pyrrole nitrogens is 1. The number of fused-ring (bicyclic) bond motifs is 1. The summed E-state index contributed by atoms with van der Waals surface area (Å²) in [5.74, 6) is -0.323. The minimum absolute atomic E-state index is 0.174. The average molecular weight is 293 g/mol. The number of nitrogens with one attached hydrogen (secondary N) is 2. The third kappa shape index (κ3) is 2.74. The summed E-state index contributed by atoms with van der Waals surface area (Å²) in [5.41, 5.74) is 0.890. The van der Waals surface area contributed by atoms with Crippen molar-refractivity contribution >= 4 is 16.7 Å². The molecule has 0 aliphatic rings. The molecule has 2 aromatic carbocycles. The predicted octanol–water partition coefficient (Wildman–Crippen LogP) is 2.41. The molecular formula is C17H15N3O2. The van der Waals surface area contributed by atoms with Gasteiger partial charge in [0, 0.05) is 6.07 Å². The summed E-state index contributed by atoms with van der Waals surface area (Å²) in [5, 5.41) is 11.1. The number of hydrogen-bond donors (Lipinski definition) is 2. The summed E-state index contributed by atoms with van der Waals surface area (Å²) in [4.78, 5) is 23.2. The number of benzene rings is 2. The number of hydrogen-bond acceptors (Lipinski definition) is 3. The van der Waals surface area contributed by atoms with Crippen LogP contribution in [0.4, 0.5) is 0 Å². The predicted molar refractivity (Wildman–Crippen MR) is 84.7 cm³/mol. The molecule has 0 aliphatic carbocycles. The molecule has 5 heteroatoms. The molecule has 5 nitrogen and oxygen atoms in total. The monoisotopic (exact) mass is 293 g/mol. The Morgan fingerprint density at radius 1 is 1.09 bits per heavy atom. The van der Waals surface area contributed by atoms with Gasteiger partial charge in [-0.25, -0.2) is 5.10 Å². The molecule has 0 unspecified atom stereocenters. The molecule has 0 fully saturated rings. The fourth-order valence-electron chi connectivity index (χ4n) is 2.45. The van der Waals surface area contributed by atoms with Crippen LogP contribution in [-0.4, -0.2) is 16.1 Å². The largest absolute Gasteiger partial charge is 0.344 e. The van der Waals surface area contributed by atoms with Gasteiger partial charge >= 0.3 is 0 Å². The number of rotatable bonds is 3. The van der Waals surface area contributed by atoms with E-state index in [-0.39, 0.29) is 23.2 Å². The summed E-state index contributed by atoms with van der Waals surface area (Å²) >= 11 is 0. The lowest BCUT2D eigenvalue weighted by atomic mass is 9.99. The second-order valence-corrected chi connectivity index (χ2v) is 5.07. The first-order valence-electron chi connectivity index (χ1n) is 6.99. The number of nitrogens with zero attached hydrogens (tertiary/aromatic N) is 1. The molecule has 110 valence electrons. The van der Waals surface area contributed by atoms with Crippen molar-refractivity contribution in [2.45, 2.75) is 13.0 Å². The van der Waals surface area contributed by atoms with Crippen molar-refractivity contribution in [1.29, 1.82) is 0 Å². The Hall–Kier alpha value is -2.95. The summed E-state index contributed by atoms with van der Waals surface area (Å²) < 4.78 is 0. The van der Waals surface area contributed by atoms with Crippen molar-refractivity contribution in [2.75, 3.05) is 0 Å². The second-order valence-electron chi connectivity index (χ2n) is 5.07. The Morgan fingerprint density at radius 2 is 1.86 bits per heavy atom. The van der Waals surface area contributed by atoms with Gasteiger partial charge in [0.05, 0.1) is 6.04 Å². The average Bonchev–Trinajstić information content (AvgIpc) is 2.54. The van der Waals surface area contributed by atoms with E-state index < -0.39 is 0 Å². The van der Waals surface area contributed by atoms with Crippen LogP contribution in [0.3, 0.4) is 0 Å². The van der Waals surface area contributed by atoms with Gasteiger partial charge in [0.2, 0.25) is 0 Å². The molecule has 2 N–H and O–H groups in total. The van der Waals surface area contributed by atoms with E-state index in [1.165, 1.54) is 12.1 Å². The molecule has 1 atom stereocenters. The molecule has 3 rings (SSSR count). The van der Waals surface area contributed by atoms with E-state index in [1.807, 2.05) is 49.4 Å². The van der Waals surface area contributed by atoms with Crippen molar-refractivity contribution < 1.29 is 4.79 Å². The van der Waals surface area contributed by atoms with Gasteiger partial charge in [-0.05, 0) is 29.3 Å². The smallest absolute Gasteiger partial charge is 0.272 e. The van der Waals surface area contributed by atoms with Gasteiger partial charge in [-0.3, -0.25) is 9.59 Å². The number of aromatic amines is 1. The molecule has 0 radical (unpaired) electrons. The Kier molecular flexibility index (Phi) is 3.70. The highest BCUT2D eigenvalue weighted by molar-refractivity contribution is 5.93. The number of aromatic nitrogens is 2. The second kappa shape index (κ2) is 5.81.